The number of primary amides is 1. The Balaban J connectivity index is 2.67. The van der Waals surface area contributed by atoms with E-state index in [1.165, 1.54) is 21.3 Å². The number of carbonyl (C=O) groups is 1. The van der Waals surface area contributed by atoms with Gasteiger partial charge in [-0.2, -0.15) is 0 Å². The third-order valence-corrected chi connectivity index (χ3v) is 3.86. The van der Waals surface area contributed by atoms with Crippen LogP contribution in [0, 0.1) is 6.92 Å². The minimum Gasteiger partial charge on any atom is -0.493 e. The Morgan fingerprint density at radius 1 is 1.12 bits per heavy atom. The molecule has 0 bridgehead atoms. The molecule has 1 unspecified atom stereocenters. The van der Waals surface area contributed by atoms with Gasteiger partial charge in [-0.25, -0.2) is 0 Å². The van der Waals surface area contributed by atoms with E-state index in [2.05, 4.69) is 10.2 Å². The minimum atomic E-state index is -0.536. The molecule has 8 heteroatoms. The normalized spacial score (nSPS) is 11.8. The van der Waals surface area contributed by atoms with Crippen LogP contribution in [0.15, 0.2) is 16.9 Å². The first-order valence-corrected chi connectivity index (χ1v) is 7.28. The average Bonchev–Trinajstić information content (AvgIpc) is 2.89. The first-order chi connectivity index (χ1) is 11.4. The molecule has 2 rings (SSSR count). The standard InChI is InChI=1S/C16H21N3O5/c1-8-14(16(21)19-18-8)10(7-13(17)20)9-5-11(22-2)15(24-4)12(6-9)23-3/h5-6,10H,7H2,1-4H3,(H2,17,20)(H2,18,19,21). The number of amides is 1. The van der Waals surface area contributed by atoms with Gasteiger partial charge in [-0.1, -0.05) is 0 Å². The van der Waals surface area contributed by atoms with Gasteiger partial charge in [0.1, 0.15) is 0 Å². The third kappa shape index (κ3) is 3.22. The van der Waals surface area contributed by atoms with Gasteiger partial charge in [0.15, 0.2) is 11.5 Å². The van der Waals surface area contributed by atoms with E-state index < -0.39 is 11.8 Å². The van der Waals surface area contributed by atoms with Crippen LogP contribution in [0.2, 0.25) is 0 Å². The summed E-state index contributed by atoms with van der Waals surface area (Å²) in [5.41, 5.74) is 6.84. The van der Waals surface area contributed by atoms with Gasteiger partial charge in [0.25, 0.3) is 5.56 Å². The molecule has 4 N–H and O–H groups in total. The molecule has 0 aliphatic heterocycles. The van der Waals surface area contributed by atoms with E-state index in [1.54, 1.807) is 19.1 Å². The Bertz CT molecular complexity index is 768. The Labute approximate surface area is 138 Å². The number of nitrogens with two attached hydrogens (primary N) is 1. The molecule has 2 aromatic rings. The summed E-state index contributed by atoms with van der Waals surface area (Å²) in [4.78, 5) is 23.7. The molecule has 0 aliphatic rings. The second kappa shape index (κ2) is 7.12. The van der Waals surface area contributed by atoms with Crippen molar-refractivity contribution in [3.8, 4) is 17.2 Å². The summed E-state index contributed by atoms with van der Waals surface area (Å²) in [6.07, 6.45) is -0.0274. The molecule has 0 fully saturated rings. The van der Waals surface area contributed by atoms with Gasteiger partial charge >= 0.3 is 0 Å². The first kappa shape index (κ1) is 17.5. The molecular weight excluding hydrogens is 314 g/mol. The number of nitrogens with one attached hydrogen (secondary N) is 2. The molecule has 1 atom stereocenters. The molecule has 1 aromatic heterocycles. The van der Waals surface area contributed by atoms with Crippen LogP contribution in [0.1, 0.15) is 29.2 Å². The van der Waals surface area contributed by atoms with Gasteiger partial charge in [-0.15, -0.1) is 0 Å². The van der Waals surface area contributed by atoms with Gasteiger partial charge < -0.3 is 25.0 Å². The number of aryl methyl sites for hydroxylation is 1. The number of aromatic nitrogens is 2. The molecule has 130 valence electrons. The quantitative estimate of drug-likeness (QED) is 0.698. The molecule has 0 saturated heterocycles. The summed E-state index contributed by atoms with van der Waals surface area (Å²) in [5, 5.41) is 5.28. The molecule has 1 aromatic carbocycles. The van der Waals surface area contributed by atoms with Crippen molar-refractivity contribution in [1.82, 2.24) is 10.2 Å². The number of methoxy groups -OCH3 is 3. The maximum atomic E-state index is 12.1. The number of hydrogen-bond acceptors (Lipinski definition) is 5. The lowest BCUT2D eigenvalue weighted by atomic mass is 9.88. The van der Waals surface area contributed by atoms with Crippen molar-refractivity contribution in [1.29, 1.82) is 0 Å². The summed E-state index contributed by atoms with van der Waals surface area (Å²) in [6, 6.07) is 3.42. The van der Waals surface area contributed by atoms with Crippen molar-refractivity contribution >= 4 is 5.91 Å². The highest BCUT2D eigenvalue weighted by molar-refractivity contribution is 5.75. The van der Waals surface area contributed by atoms with E-state index in [4.69, 9.17) is 19.9 Å². The van der Waals surface area contributed by atoms with E-state index in [1.807, 2.05) is 0 Å². The van der Waals surface area contributed by atoms with E-state index >= 15 is 0 Å². The highest BCUT2D eigenvalue weighted by Crippen LogP contribution is 2.41. The predicted molar refractivity (Wildman–Crippen MR) is 87.9 cm³/mol. The predicted octanol–water partition coefficient (Wildman–Crippen LogP) is 1.04. The lowest BCUT2D eigenvalue weighted by molar-refractivity contribution is -0.118. The van der Waals surface area contributed by atoms with Crippen LogP contribution in [0.3, 0.4) is 0 Å². The monoisotopic (exact) mass is 335 g/mol. The van der Waals surface area contributed by atoms with Crippen molar-refractivity contribution in [2.45, 2.75) is 19.3 Å². The molecule has 8 nitrogen and oxygen atoms in total. The summed E-state index contributed by atoms with van der Waals surface area (Å²) >= 11 is 0. The van der Waals surface area contributed by atoms with Crippen LogP contribution >= 0.6 is 0 Å². The van der Waals surface area contributed by atoms with Gasteiger partial charge in [0, 0.05) is 23.6 Å². The van der Waals surface area contributed by atoms with Crippen molar-refractivity contribution in [2.24, 2.45) is 5.73 Å². The van der Waals surface area contributed by atoms with Crippen LogP contribution in [0.4, 0.5) is 0 Å². The SMILES string of the molecule is COc1cc(C(CC(N)=O)c2c(C)[nH][nH]c2=O)cc(OC)c1OC. The number of ether oxygens (including phenoxy) is 3. The smallest absolute Gasteiger partial charge is 0.267 e. The maximum Gasteiger partial charge on any atom is 0.267 e. The van der Waals surface area contributed by atoms with Gasteiger partial charge in [0.05, 0.1) is 21.3 Å². The van der Waals surface area contributed by atoms with Crippen LogP contribution in [-0.2, 0) is 4.79 Å². The zero-order valence-electron chi connectivity index (χ0n) is 14.1. The topological polar surface area (TPSA) is 119 Å². The minimum absolute atomic E-state index is 0.0274. The molecule has 0 radical (unpaired) electrons. The Morgan fingerprint density at radius 3 is 2.08 bits per heavy atom. The number of carbonyl (C=O) groups excluding carboxylic acids is 1. The second-order valence-corrected chi connectivity index (χ2v) is 5.30. The third-order valence-electron chi connectivity index (χ3n) is 3.86. The van der Waals surface area contributed by atoms with E-state index in [9.17, 15) is 9.59 Å². The summed E-state index contributed by atoms with van der Waals surface area (Å²) < 4.78 is 16.0. The summed E-state index contributed by atoms with van der Waals surface area (Å²) in [7, 11) is 4.50. The van der Waals surface area contributed by atoms with Crippen LogP contribution in [-0.4, -0.2) is 37.4 Å². The fraction of sp³-hybridized carbons (Fsp3) is 0.375. The Kier molecular flexibility index (Phi) is 5.18. The van der Waals surface area contributed by atoms with Gasteiger partial charge in [-0.3, -0.25) is 14.7 Å². The Morgan fingerprint density at radius 2 is 1.71 bits per heavy atom. The molecular formula is C16H21N3O5. The molecule has 1 amide bonds. The lowest BCUT2D eigenvalue weighted by Crippen LogP contribution is -2.20. The largest absolute Gasteiger partial charge is 0.493 e. The molecule has 24 heavy (non-hydrogen) atoms. The zero-order valence-corrected chi connectivity index (χ0v) is 14.1. The molecule has 0 spiro atoms. The Hall–Kier alpha value is -2.90. The van der Waals surface area contributed by atoms with E-state index in [-0.39, 0.29) is 12.0 Å². The molecule has 0 aliphatic carbocycles. The fourth-order valence-electron chi connectivity index (χ4n) is 2.77. The number of hydrogen-bond donors (Lipinski definition) is 3. The van der Waals surface area contributed by atoms with Crippen LogP contribution < -0.4 is 25.5 Å². The van der Waals surface area contributed by atoms with Crippen LogP contribution in [0.25, 0.3) is 0 Å². The maximum absolute atomic E-state index is 12.1. The first-order valence-electron chi connectivity index (χ1n) is 7.28. The highest BCUT2D eigenvalue weighted by Gasteiger charge is 2.26. The second-order valence-electron chi connectivity index (χ2n) is 5.30. The molecule has 0 saturated carbocycles. The van der Waals surface area contributed by atoms with Gasteiger partial charge in [-0.05, 0) is 24.6 Å². The number of H-pyrrole nitrogens is 2. The van der Waals surface area contributed by atoms with Crippen molar-refractivity contribution < 1.29 is 19.0 Å². The highest BCUT2D eigenvalue weighted by atomic mass is 16.5. The molecule has 1 heterocycles. The number of rotatable bonds is 7. The van der Waals surface area contributed by atoms with E-state index in [0.29, 0.717) is 34.1 Å². The summed E-state index contributed by atoms with van der Waals surface area (Å²) in [6.45, 7) is 1.75. The van der Waals surface area contributed by atoms with Gasteiger partial charge in [0.2, 0.25) is 11.7 Å². The lowest BCUT2D eigenvalue weighted by Gasteiger charge is -2.19. The van der Waals surface area contributed by atoms with Crippen LogP contribution in [0.5, 0.6) is 17.2 Å². The average molecular weight is 335 g/mol. The van der Waals surface area contributed by atoms with Crippen molar-refractivity contribution in [3.05, 3.63) is 39.3 Å². The number of benzene rings is 1. The van der Waals surface area contributed by atoms with Crippen molar-refractivity contribution in [2.75, 3.05) is 21.3 Å². The number of aromatic amines is 2. The van der Waals surface area contributed by atoms with Crippen molar-refractivity contribution in [3.63, 3.8) is 0 Å². The zero-order chi connectivity index (χ0) is 17.9. The van der Waals surface area contributed by atoms with E-state index in [0.717, 1.165) is 0 Å². The fourth-order valence-corrected chi connectivity index (χ4v) is 2.77. The summed E-state index contributed by atoms with van der Waals surface area (Å²) in [5.74, 6) is 0.248.